The minimum absolute atomic E-state index is 0.205. The Bertz CT molecular complexity index is 1470. The van der Waals surface area contributed by atoms with E-state index in [-0.39, 0.29) is 15.3 Å². The molecule has 160 valence electrons. The fourth-order valence-corrected chi connectivity index (χ4v) is 5.88. The van der Waals surface area contributed by atoms with Gasteiger partial charge in [0.15, 0.2) is 5.82 Å². The zero-order valence-corrected chi connectivity index (χ0v) is 18.4. The molecular weight excluding hydrogens is 451 g/mol. The van der Waals surface area contributed by atoms with Crippen molar-refractivity contribution in [1.29, 1.82) is 5.26 Å². The van der Waals surface area contributed by atoms with Gasteiger partial charge in [0.2, 0.25) is 5.95 Å². The van der Waals surface area contributed by atoms with Crippen LogP contribution in [-0.2, 0) is 18.0 Å². The molecule has 1 saturated heterocycles. The summed E-state index contributed by atoms with van der Waals surface area (Å²) in [6.45, 7) is 2.54. The van der Waals surface area contributed by atoms with Gasteiger partial charge in [-0.3, -0.25) is 4.98 Å². The summed E-state index contributed by atoms with van der Waals surface area (Å²) in [7, 11) is 0. The lowest BCUT2D eigenvalue weighted by molar-refractivity contribution is 0.135. The first-order chi connectivity index (χ1) is 15.6. The molecule has 0 radical (unpaired) electrons. The predicted octanol–water partition coefficient (Wildman–Crippen LogP) is 4.78. The molecule has 2 N–H and O–H groups in total. The van der Waals surface area contributed by atoms with Crippen molar-refractivity contribution in [1.82, 2.24) is 15.0 Å². The topological polar surface area (TPSA) is 101 Å². The van der Waals surface area contributed by atoms with Crippen LogP contribution < -0.4 is 10.6 Å². The Morgan fingerprint density at radius 3 is 2.75 bits per heavy atom. The molecule has 0 spiro atoms. The van der Waals surface area contributed by atoms with E-state index in [4.69, 9.17) is 27.1 Å². The molecule has 2 aliphatic heterocycles. The number of rotatable bonds is 2. The molecular formula is C22H16ClFN6OS. The van der Waals surface area contributed by atoms with E-state index in [0.717, 1.165) is 60.0 Å². The average Bonchev–Trinajstić information content (AvgIpc) is 3.55. The second-order valence-electron chi connectivity index (χ2n) is 7.88. The molecule has 4 aromatic rings. The second kappa shape index (κ2) is 7.24. The maximum absolute atomic E-state index is 14.6. The molecule has 0 bridgehead atoms. The number of nitriles is 1. The fraction of sp³-hybridized carbons (Fsp3) is 0.273. The molecule has 10 heteroatoms. The summed E-state index contributed by atoms with van der Waals surface area (Å²) in [5.41, 5.74) is 9.65. The molecule has 7 nitrogen and oxygen atoms in total. The van der Waals surface area contributed by atoms with Crippen molar-refractivity contribution < 1.29 is 9.13 Å². The van der Waals surface area contributed by atoms with Gasteiger partial charge in [0.05, 0.1) is 45.9 Å². The van der Waals surface area contributed by atoms with Crippen LogP contribution in [0.1, 0.15) is 29.5 Å². The van der Waals surface area contributed by atoms with Gasteiger partial charge in [-0.15, -0.1) is 11.3 Å². The third kappa shape index (κ3) is 2.70. The highest BCUT2D eigenvalue weighted by molar-refractivity contribution is 7.23. The van der Waals surface area contributed by atoms with Crippen LogP contribution in [0.25, 0.3) is 32.2 Å². The molecule has 1 fully saturated rings. The Labute approximate surface area is 191 Å². The molecule has 0 aliphatic carbocycles. The van der Waals surface area contributed by atoms with E-state index in [9.17, 15) is 9.65 Å². The van der Waals surface area contributed by atoms with Crippen molar-refractivity contribution in [2.75, 3.05) is 23.7 Å². The van der Waals surface area contributed by atoms with E-state index in [0.29, 0.717) is 46.3 Å². The van der Waals surface area contributed by atoms with E-state index >= 15 is 0 Å². The number of ether oxygens (including phenoxy) is 1. The molecule has 5 heterocycles. The summed E-state index contributed by atoms with van der Waals surface area (Å²) >= 11 is 8.01. The van der Waals surface area contributed by atoms with E-state index in [1.807, 2.05) is 0 Å². The summed E-state index contributed by atoms with van der Waals surface area (Å²) in [5, 5.41) is 11.5. The number of hydrogen-bond acceptors (Lipinski definition) is 8. The van der Waals surface area contributed by atoms with Crippen LogP contribution in [0.4, 0.5) is 15.3 Å². The van der Waals surface area contributed by atoms with Crippen LogP contribution in [0.2, 0.25) is 5.02 Å². The monoisotopic (exact) mass is 466 g/mol. The van der Waals surface area contributed by atoms with Gasteiger partial charge in [-0.2, -0.15) is 5.26 Å². The second-order valence-corrected chi connectivity index (χ2v) is 9.31. The minimum Gasteiger partial charge on any atom is -0.389 e. The van der Waals surface area contributed by atoms with E-state index < -0.39 is 5.82 Å². The van der Waals surface area contributed by atoms with E-state index in [2.05, 4.69) is 20.9 Å². The molecule has 3 aromatic heterocycles. The third-order valence-corrected chi connectivity index (χ3v) is 7.52. The van der Waals surface area contributed by atoms with Crippen LogP contribution in [-0.4, -0.2) is 28.0 Å². The Morgan fingerprint density at radius 1 is 1.19 bits per heavy atom. The number of fused-ring (bicyclic) bond motifs is 4. The highest BCUT2D eigenvalue weighted by Crippen LogP contribution is 2.47. The van der Waals surface area contributed by atoms with Gasteiger partial charge in [-0.25, -0.2) is 14.4 Å². The van der Waals surface area contributed by atoms with Crippen LogP contribution in [0.3, 0.4) is 0 Å². The first kappa shape index (κ1) is 19.6. The normalized spacial score (nSPS) is 15.6. The number of hydrogen-bond donors (Lipinski definition) is 1. The highest BCUT2D eigenvalue weighted by atomic mass is 35.5. The number of aromatic nitrogens is 3. The Balaban J connectivity index is 1.70. The fourth-order valence-electron chi connectivity index (χ4n) is 4.61. The summed E-state index contributed by atoms with van der Waals surface area (Å²) < 4.78 is 20.6. The standard InChI is InChI=1S/C22H16ClFN6OS/c23-17-15(19-16-10(5-25)21(26)32-20(16)14(24)7-27-19)13-9-31-8-12(13)11-6-28-22(29-18(11)17)30-3-1-2-4-30/h6-7H,1-4,8-9,26H2. The van der Waals surface area contributed by atoms with Gasteiger partial charge in [-0.05, 0) is 24.0 Å². The lowest BCUT2D eigenvalue weighted by Crippen LogP contribution is -2.20. The van der Waals surface area contributed by atoms with Crippen molar-refractivity contribution in [3.63, 3.8) is 0 Å². The molecule has 0 atom stereocenters. The summed E-state index contributed by atoms with van der Waals surface area (Å²) in [5.74, 6) is 0.113. The first-order valence-electron chi connectivity index (χ1n) is 10.2. The molecule has 0 amide bonds. The Morgan fingerprint density at radius 2 is 1.97 bits per heavy atom. The number of benzene rings is 1. The van der Waals surface area contributed by atoms with Gasteiger partial charge in [0.25, 0.3) is 0 Å². The summed E-state index contributed by atoms with van der Waals surface area (Å²) in [6, 6.07) is 2.10. The van der Waals surface area contributed by atoms with Crippen LogP contribution in [0.15, 0.2) is 12.4 Å². The van der Waals surface area contributed by atoms with Crippen LogP contribution in [0.5, 0.6) is 0 Å². The average molecular weight is 467 g/mol. The smallest absolute Gasteiger partial charge is 0.225 e. The maximum atomic E-state index is 14.6. The van der Waals surface area contributed by atoms with Gasteiger partial charge in [-0.1, -0.05) is 11.6 Å². The Kier molecular flexibility index (Phi) is 4.43. The van der Waals surface area contributed by atoms with E-state index in [1.54, 1.807) is 6.20 Å². The zero-order chi connectivity index (χ0) is 22.0. The number of nitrogen functional groups attached to an aromatic ring is 1. The summed E-state index contributed by atoms with van der Waals surface area (Å²) in [4.78, 5) is 15.9. The molecule has 32 heavy (non-hydrogen) atoms. The maximum Gasteiger partial charge on any atom is 0.225 e. The zero-order valence-electron chi connectivity index (χ0n) is 16.8. The molecule has 1 aromatic carbocycles. The third-order valence-electron chi connectivity index (χ3n) is 6.12. The SMILES string of the molecule is N#Cc1c(N)sc2c(F)cnc(-c3c4c(c5cnc(N6CCCC6)nc5c3Cl)COC4)c12. The lowest BCUT2D eigenvalue weighted by atomic mass is 9.94. The largest absolute Gasteiger partial charge is 0.389 e. The first-order valence-corrected chi connectivity index (χ1v) is 11.4. The number of nitrogens with two attached hydrogens (primary N) is 1. The molecule has 6 rings (SSSR count). The number of nitrogens with zero attached hydrogens (tertiary/aromatic N) is 5. The predicted molar refractivity (Wildman–Crippen MR) is 122 cm³/mol. The van der Waals surface area contributed by atoms with E-state index in [1.165, 1.54) is 0 Å². The van der Waals surface area contributed by atoms with Gasteiger partial charge in [0.1, 0.15) is 11.1 Å². The highest BCUT2D eigenvalue weighted by Gasteiger charge is 2.29. The molecule has 2 aliphatic rings. The Hall–Kier alpha value is -3.06. The number of pyridine rings is 1. The van der Waals surface area contributed by atoms with Crippen LogP contribution >= 0.6 is 22.9 Å². The number of halogens is 2. The van der Waals surface area contributed by atoms with Gasteiger partial charge >= 0.3 is 0 Å². The van der Waals surface area contributed by atoms with Crippen molar-refractivity contribution in [3.8, 4) is 17.3 Å². The van der Waals surface area contributed by atoms with Gasteiger partial charge < -0.3 is 15.4 Å². The van der Waals surface area contributed by atoms with Crippen LogP contribution in [0, 0.1) is 17.1 Å². The van der Waals surface area contributed by atoms with Crippen molar-refractivity contribution in [3.05, 3.63) is 39.9 Å². The quantitative estimate of drug-likeness (QED) is 0.453. The molecule has 0 saturated carbocycles. The number of anilines is 2. The van der Waals surface area contributed by atoms with Crippen molar-refractivity contribution in [2.45, 2.75) is 26.1 Å². The van der Waals surface area contributed by atoms with Crippen molar-refractivity contribution >= 4 is 54.9 Å². The summed E-state index contributed by atoms with van der Waals surface area (Å²) in [6.07, 6.45) is 5.15. The lowest BCUT2D eigenvalue weighted by Gasteiger charge is -2.18. The molecule has 0 unspecified atom stereocenters. The number of thiophene rings is 1. The van der Waals surface area contributed by atoms with Gasteiger partial charge in [0, 0.05) is 35.6 Å². The van der Waals surface area contributed by atoms with Crippen molar-refractivity contribution in [2.24, 2.45) is 0 Å². The minimum atomic E-state index is -0.523.